The predicted molar refractivity (Wildman–Crippen MR) is 124 cm³/mol. The number of nitrogens with one attached hydrogen (secondary N) is 1. The lowest BCUT2D eigenvalue weighted by molar-refractivity contribution is -0.384. The molecule has 0 aliphatic carbocycles. The van der Waals surface area contributed by atoms with Crippen LogP contribution in [0.4, 0.5) is 11.4 Å². The highest BCUT2D eigenvalue weighted by Gasteiger charge is 2.37. The maximum Gasteiger partial charge on any atom is 0.327 e. The highest BCUT2D eigenvalue weighted by atomic mass is 16.6. The molecule has 1 aliphatic rings. The van der Waals surface area contributed by atoms with Crippen LogP contribution in [0.2, 0.25) is 0 Å². The third kappa shape index (κ3) is 4.76. The van der Waals surface area contributed by atoms with Crippen LogP contribution in [0.1, 0.15) is 37.9 Å². The summed E-state index contributed by atoms with van der Waals surface area (Å²) < 4.78 is 5.39. The molecule has 0 bridgehead atoms. The number of aryl methyl sites for hydroxylation is 1. The minimum absolute atomic E-state index is 0.0667. The Hall–Kier alpha value is -4.86. The van der Waals surface area contributed by atoms with E-state index in [0.29, 0.717) is 11.1 Å². The van der Waals surface area contributed by atoms with E-state index in [0.717, 1.165) is 4.90 Å². The van der Waals surface area contributed by atoms with Gasteiger partial charge in [0.1, 0.15) is 12.2 Å². The number of benzene rings is 3. The lowest BCUT2D eigenvalue weighted by atomic mass is 10.1. The molecule has 35 heavy (non-hydrogen) atoms. The molecule has 3 aromatic rings. The van der Waals surface area contributed by atoms with E-state index in [1.807, 2.05) is 0 Å². The average molecular weight is 473 g/mol. The minimum atomic E-state index is -1.49. The zero-order valence-electron chi connectivity index (χ0n) is 18.5. The topological polar surface area (TPSA) is 136 Å². The van der Waals surface area contributed by atoms with Gasteiger partial charge in [-0.1, -0.05) is 48.5 Å². The molecule has 0 radical (unpaired) electrons. The van der Waals surface area contributed by atoms with Gasteiger partial charge in [-0.25, -0.2) is 0 Å². The third-order valence-corrected chi connectivity index (χ3v) is 5.36. The number of rotatable bonds is 7. The normalized spacial score (nSPS) is 13.2. The molecule has 0 saturated heterocycles. The van der Waals surface area contributed by atoms with E-state index in [4.69, 9.17) is 4.74 Å². The molecule has 1 heterocycles. The van der Waals surface area contributed by atoms with Gasteiger partial charge >= 0.3 is 5.97 Å². The third-order valence-electron chi connectivity index (χ3n) is 5.36. The van der Waals surface area contributed by atoms with Crippen LogP contribution in [-0.4, -0.2) is 40.1 Å². The van der Waals surface area contributed by atoms with E-state index in [-0.39, 0.29) is 22.5 Å². The smallest absolute Gasteiger partial charge is 0.327 e. The van der Waals surface area contributed by atoms with Crippen LogP contribution in [0, 0.1) is 17.0 Å². The summed E-state index contributed by atoms with van der Waals surface area (Å²) in [7, 11) is 0. The fourth-order valence-corrected chi connectivity index (χ4v) is 3.68. The summed E-state index contributed by atoms with van der Waals surface area (Å²) in [5.74, 6) is -3.11. The molecule has 1 aliphatic heterocycles. The zero-order chi connectivity index (χ0) is 25.1. The molecule has 1 atom stereocenters. The largest absolute Gasteiger partial charge is 0.446 e. The number of esters is 1. The van der Waals surface area contributed by atoms with Crippen molar-refractivity contribution in [3.8, 4) is 0 Å². The molecule has 3 aromatic carbocycles. The lowest BCUT2D eigenvalue weighted by Crippen LogP contribution is -2.37. The molecule has 1 N–H and O–H groups in total. The Labute approximate surface area is 199 Å². The number of nitro benzene ring substituents is 1. The first-order valence-electron chi connectivity index (χ1n) is 10.5. The standard InChI is InChI=1S/C25H19N3O7/c1-15-11-12-19(20(13-15)28(33)34)26-23(30)22(16-7-3-2-4-8-16)35-21(29)14-27-24(31)17-9-5-6-10-18(17)25(27)32/h2-13,22H,14H2,1H3,(H,26,30). The molecular weight excluding hydrogens is 454 g/mol. The fourth-order valence-electron chi connectivity index (χ4n) is 3.68. The molecule has 1 unspecified atom stereocenters. The summed E-state index contributed by atoms with van der Waals surface area (Å²) in [5, 5.41) is 13.9. The molecule has 176 valence electrons. The summed E-state index contributed by atoms with van der Waals surface area (Å²) in [6.45, 7) is 0.972. The molecule has 10 heteroatoms. The number of carbonyl (C=O) groups excluding carboxylic acids is 4. The van der Waals surface area contributed by atoms with Gasteiger partial charge in [-0.2, -0.15) is 0 Å². The van der Waals surface area contributed by atoms with Gasteiger partial charge in [0.2, 0.25) is 6.10 Å². The first kappa shape index (κ1) is 23.3. The van der Waals surface area contributed by atoms with Crippen molar-refractivity contribution in [1.82, 2.24) is 4.90 Å². The van der Waals surface area contributed by atoms with Crippen molar-refractivity contribution in [2.75, 3.05) is 11.9 Å². The van der Waals surface area contributed by atoms with Crippen molar-refractivity contribution < 1.29 is 28.8 Å². The van der Waals surface area contributed by atoms with Gasteiger partial charge in [0.05, 0.1) is 16.1 Å². The van der Waals surface area contributed by atoms with E-state index in [2.05, 4.69) is 5.32 Å². The number of nitrogens with zero attached hydrogens (tertiary/aromatic N) is 2. The lowest BCUT2D eigenvalue weighted by Gasteiger charge is -2.20. The van der Waals surface area contributed by atoms with Crippen molar-refractivity contribution in [3.05, 3.63) is 105 Å². The van der Waals surface area contributed by atoms with Gasteiger partial charge in [-0.05, 0) is 30.7 Å². The molecule has 0 spiro atoms. The Morgan fingerprint density at radius 1 is 0.971 bits per heavy atom. The second-order valence-corrected chi connectivity index (χ2v) is 7.79. The Bertz CT molecular complexity index is 1320. The fraction of sp³-hybridized carbons (Fsp3) is 0.120. The molecular formula is C25H19N3O7. The van der Waals surface area contributed by atoms with Crippen LogP contribution in [0.25, 0.3) is 0 Å². The number of fused-ring (bicyclic) bond motifs is 1. The van der Waals surface area contributed by atoms with E-state index >= 15 is 0 Å². The van der Waals surface area contributed by atoms with Crippen LogP contribution < -0.4 is 5.32 Å². The molecule has 10 nitrogen and oxygen atoms in total. The van der Waals surface area contributed by atoms with Gasteiger partial charge in [0, 0.05) is 11.6 Å². The molecule has 0 fully saturated rings. The van der Waals surface area contributed by atoms with E-state index in [9.17, 15) is 29.3 Å². The number of nitro groups is 1. The molecule has 4 rings (SSSR count). The Balaban J connectivity index is 1.55. The summed E-state index contributed by atoms with van der Waals surface area (Å²) >= 11 is 0. The maximum absolute atomic E-state index is 13.1. The molecule has 0 saturated carbocycles. The van der Waals surface area contributed by atoms with Crippen LogP contribution in [-0.2, 0) is 14.3 Å². The number of carbonyl (C=O) groups is 4. The highest BCUT2D eigenvalue weighted by Crippen LogP contribution is 2.28. The van der Waals surface area contributed by atoms with Crippen LogP contribution in [0.5, 0.6) is 0 Å². The Kier molecular flexibility index (Phi) is 6.36. The summed E-state index contributed by atoms with van der Waals surface area (Å²) in [4.78, 5) is 62.5. The van der Waals surface area contributed by atoms with Crippen molar-refractivity contribution in [3.63, 3.8) is 0 Å². The van der Waals surface area contributed by atoms with Crippen molar-refractivity contribution >= 4 is 35.1 Å². The first-order chi connectivity index (χ1) is 16.8. The number of amides is 3. The van der Waals surface area contributed by atoms with Gasteiger partial charge in [0.25, 0.3) is 23.4 Å². The SMILES string of the molecule is Cc1ccc(NC(=O)C(OC(=O)CN2C(=O)c3ccccc3C2=O)c2ccccc2)c([N+](=O)[O-])c1. The Morgan fingerprint density at radius 3 is 2.17 bits per heavy atom. The first-order valence-corrected chi connectivity index (χ1v) is 10.5. The van der Waals surface area contributed by atoms with Crippen LogP contribution in [0.15, 0.2) is 72.8 Å². The molecule has 3 amide bonds. The quantitative estimate of drug-likeness (QED) is 0.240. The number of anilines is 1. The number of hydrogen-bond donors (Lipinski definition) is 1. The Morgan fingerprint density at radius 2 is 1.57 bits per heavy atom. The number of hydrogen-bond acceptors (Lipinski definition) is 7. The van der Waals surface area contributed by atoms with Crippen molar-refractivity contribution in [1.29, 1.82) is 0 Å². The maximum atomic E-state index is 13.1. The summed E-state index contributed by atoms with van der Waals surface area (Å²) in [5.41, 5.74) is 0.895. The van der Waals surface area contributed by atoms with Crippen LogP contribution >= 0.6 is 0 Å². The van der Waals surface area contributed by atoms with Gasteiger partial charge in [-0.15, -0.1) is 0 Å². The summed E-state index contributed by atoms with van der Waals surface area (Å²) in [6.07, 6.45) is -1.49. The van der Waals surface area contributed by atoms with Gasteiger partial charge in [-0.3, -0.25) is 34.2 Å². The number of ether oxygens (including phenoxy) is 1. The predicted octanol–water partition coefficient (Wildman–Crippen LogP) is 3.42. The van der Waals surface area contributed by atoms with Crippen LogP contribution in [0.3, 0.4) is 0 Å². The molecule has 0 aromatic heterocycles. The van der Waals surface area contributed by atoms with Crippen molar-refractivity contribution in [2.24, 2.45) is 0 Å². The number of imide groups is 1. The van der Waals surface area contributed by atoms with E-state index in [1.165, 1.54) is 24.3 Å². The average Bonchev–Trinajstić information content (AvgIpc) is 3.09. The summed E-state index contributed by atoms with van der Waals surface area (Å²) in [6, 6.07) is 18.5. The zero-order valence-corrected chi connectivity index (χ0v) is 18.5. The highest BCUT2D eigenvalue weighted by molar-refractivity contribution is 6.22. The van der Waals surface area contributed by atoms with Crippen molar-refractivity contribution in [2.45, 2.75) is 13.0 Å². The van der Waals surface area contributed by atoms with E-state index < -0.39 is 41.3 Å². The monoisotopic (exact) mass is 473 g/mol. The van der Waals surface area contributed by atoms with E-state index in [1.54, 1.807) is 55.5 Å². The second-order valence-electron chi connectivity index (χ2n) is 7.79. The second kappa shape index (κ2) is 9.56. The van der Waals surface area contributed by atoms with Gasteiger partial charge in [0.15, 0.2) is 0 Å². The van der Waals surface area contributed by atoms with Gasteiger partial charge < -0.3 is 10.1 Å². The minimum Gasteiger partial charge on any atom is -0.446 e.